The molecule has 0 N–H and O–H groups in total. The van der Waals surface area contributed by atoms with Crippen LogP contribution in [0.5, 0.6) is 0 Å². The van der Waals surface area contributed by atoms with Crippen LogP contribution in [-0.4, -0.2) is 41.2 Å². The molecule has 2 aliphatic rings. The van der Waals surface area contributed by atoms with Crippen molar-refractivity contribution in [2.75, 3.05) is 19.6 Å². The van der Waals surface area contributed by atoms with Gasteiger partial charge >= 0.3 is 0 Å². The summed E-state index contributed by atoms with van der Waals surface area (Å²) in [6, 6.07) is 7.22. The zero-order valence-corrected chi connectivity index (χ0v) is 20.4. The first kappa shape index (κ1) is 23.3. The standard InChI is InChI=1S/C25H28Cl2N2O2S/c1-2-12-28(25(31)17-6-4-3-5-7-17)16-23(30)29-13-10-22-20(11-14-32-22)24(29)19-9-8-18(26)15-21(19)27/h2,8-9,11,14-15,17,24H,1,3-7,10,12-13,16H2. The molecule has 1 saturated carbocycles. The Morgan fingerprint density at radius 2 is 1.94 bits per heavy atom. The number of amides is 2. The molecular formula is C25H28Cl2N2O2S. The van der Waals surface area contributed by atoms with E-state index in [1.54, 1.807) is 28.4 Å². The molecule has 0 saturated heterocycles. The minimum atomic E-state index is -0.280. The number of carbonyl (C=O) groups is 2. The van der Waals surface area contributed by atoms with Crippen LogP contribution in [0.2, 0.25) is 10.0 Å². The second-order valence-corrected chi connectivity index (χ2v) is 10.4. The topological polar surface area (TPSA) is 40.6 Å². The maximum absolute atomic E-state index is 13.6. The lowest BCUT2D eigenvalue weighted by atomic mass is 9.88. The molecule has 1 aromatic heterocycles. The van der Waals surface area contributed by atoms with E-state index in [0.717, 1.165) is 43.2 Å². The average Bonchev–Trinajstić information content (AvgIpc) is 3.27. The third-order valence-corrected chi connectivity index (χ3v) is 8.04. The van der Waals surface area contributed by atoms with Crippen LogP contribution in [0.1, 0.15) is 54.1 Å². The smallest absolute Gasteiger partial charge is 0.243 e. The first-order chi connectivity index (χ1) is 15.5. The molecule has 1 aliphatic carbocycles. The molecule has 1 unspecified atom stereocenters. The van der Waals surface area contributed by atoms with Crippen molar-refractivity contribution >= 4 is 46.4 Å². The summed E-state index contributed by atoms with van der Waals surface area (Å²) in [6.07, 6.45) is 7.67. The highest BCUT2D eigenvalue weighted by atomic mass is 35.5. The van der Waals surface area contributed by atoms with E-state index in [0.29, 0.717) is 23.1 Å². The molecule has 1 aromatic carbocycles. The number of nitrogens with zero attached hydrogens (tertiary/aromatic N) is 2. The molecule has 32 heavy (non-hydrogen) atoms. The monoisotopic (exact) mass is 490 g/mol. The molecule has 2 aromatic rings. The van der Waals surface area contributed by atoms with Gasteiger partial charge in [0, 0.05) is 33.9 Å². The van der Waals surface area contributed by atoms with Crippen LogP contribution in [0.25, 0.3) is 0 Å². The Balaban J connectivity index is 1.60. The van der Waals surface area contributed by atoms with Gasteiger partial charge in [-0.15, -0.1) is 17.9 Å². The molecule has 170 valence electrons. The van der Waals surface area contributed by atoms with E-state index in [9.17, 15) is 9.59 Å². The van der Waals surface area contributed by atoms with Gasteiger partial charge in [0.2, 0.25) is 11.8 Å². The third kappa shape index (κ3) is 4.90. The average molecular weight is 491 g/mol. The summed E-state index contributed by atoms with van der Waals surface area (Å²) < 4.78 is 0. The van der Waals surface area contributed by atoms with E-state index in [4.69, 9.17) is 23.2 Å². The van der Waals surface area contributed by atoms with E-state index in [1.165, 1.54) is 11.3 Å². The largest absolute Gasteiger partial charge is 0.330 e. The second kappa shape index (κ2) is 10.4. The van der Waals surface area contributed by atoms with Gasteiger partial charge in [-0.2, -0.15) is 0 Å². The van der Waals surface area contributed by atoms with Gasteiger partial charge in [-0.25, -0.2) is 0 Å². The number of halogens is 2. The van der Waals surface area contributed by atoms with E-state index in [2.05, 4.69) is 18.0 Å². The van der Waals surface area contributed by atoms with Crippen LogP contribution in [0.3, 0.4) is 0 Å². The van der Waals surface area contributed by atoms with Gasteiger partial charge in [0.1, 0.15) is 6.54 Å². The molecule has 2 amide bonds. The van der Waals surface area contributed by atoms with Crippen molar-refractivity contribution < 1.29 is 9.59 Å². The number of hydrogen-bond acceptors (Lipinski definition) is 3. The van der Waals surface area contributed by atoms with Crippen molar-refractivity contribution in [3.05, 3.63) is 68.3 Å². The van der Waals surface area contributed by atoms with Gasteiger partial charge in [-0.3, -0.25) is 9.59 Å². The van der Waals surface area contributed by atoms with Crippen LogP contribution < -0.4 is 0 Å². The van der Waals surface area contributed by atoms with Crippen molar-refractivity contribution in [2.24, 2.45) is 5.92 Å². The molecule has 1 atom stereocenters. The summed E-state index contributed by atoms with van der Waals surface area (Å²) >= 11 is 14.4. The van der Waals surface area contributed by atoms with Crippen LogP contribution in [0, 0.1) is 5.92 Å². The molecule has 0 radical (unpaired) electrons. The fourth-order valence-electron chi connectivity index (χ4n) is 4.89. The van der Waals surface area contributed by atoms with Gasteiger partial charge in [0.25, 0.3) is 0 Å². The SMILES string of the molecule is C=CCN(CC(=O)N1CCc2sccc2C1c1ccc(Cl)cc1Cl)C(=O)C1CCCCC1. The maximum atomic E-state index is 13.6. The third-order valence-electron chi connectivity index (χ3n) is 6.49. The summed E-state index contributed by atoms with van der Waals surface area (Å²) in [7, 11) is 0. The normalized spacial score (nSPS) is 18.8. The van der Waals surface area contributed by atoms with Gasteiger partial charge in [0.05, 0.1) is 6.04 Å². The molecular weight excluding hydrogens is 463 g/mol. The predicted octanol–water partition coefficient (Wildman–Crippen LogP) is 6.12. The number of rotatable bonds is 6. The fraction of sp³-hybridized carbons (Fsp3) is 0.440. The highest BCUT2D eigenvalue weighted by molar-refractivity contribution is 7.10. The molecule has 2 heterocycles. The Morgan fingerprint density at radius 1 is 1.16 bits per heavy atom. The zero-order chi connectivity index (χ0) is 22.7. The summed E-state index contributed by atoms with van der Waals surface area (Å²) in [6.45, 7) is 4.84. The minimum Gasteiger partial charge on any atom is -0.330 e. The van der Waals surface area contributed by atoms with E-state index < -0.39 is 0 Å². The summed E-state index contributed by atoms with van der Waals surface area (Å²) in [5.74, 6) is 0.0268. The maximum Gasteiger partial charge on any atom is 0.243 e. The summed E-state index contributed by atoms with van der Waals surface area (Å²) in [5, 5.41) is 3.17. The zero-order valence-electron chi connectivity index (χ0n) is 18.1. The quantitative estimate of drug-likeness (QED) is 0.457. The molecule has 1 aliphatic heterocycles. The molecule has 1 fully saturated rings. The lowest BCUT2D eigenvalue weighted by Crippen LogP contribution is -2.48. The number of hydrogen-bond donors (Lipinski definition) is 0. The van der Waals surface area contributed by atoms with Crippen molar-refractivity contribution in [1.29, 1.82) is 0 Å². The summed E-state index contributed by atoms with van der Waals surface area (Å²) in [4.78, 5) is 31.6. The fourth-order valence-corrected chi connectivity index (χ4v) is 6.31. The molecule has 7 heteroatoms. The number of fused-ring (bicyclic) bond motifs is 1. The first-order valence-electron chi connectivity index (χ1n) is 11.2. The van der Waals surface area contributed by atoms with Crippen molar-refractivity contribution in [3.63, 3.8) is 0 Å². The Labute approximate surface area is 203 Å². The van der Waals surface area contributed by atoms with Crippen LogP contribution >= 0.6 is 34.5 Å². The van der Waals surface area contributed by atoms with E-state index in [-0.39, 0.29) is 30.3 Å². The highest BCUT2D eigenvalue weighted by Gasteiger charge is 2.35. The Hall–Kier alpha value is -1.82. The Bertz CT molecular complexity index is 1000. The lowest BCUT2D eigenvalue weighted by molar-refractivity contribution is -0.144. The van der Waals surface area contributed by atoms with Gasteiger partial charge < -0.3 is 9.80 Å². The Kier molecular flexibility index (Phi) is 7.59. The molecule has 0 spiro atoms. The predicted molar refractivity (Wildman–Crippen MR) is 131 cm³/mol. The van der Waals surface area contributed by atoms with Crippen LogP contribution in [-0.2, 0) is 16.0 Å². The van der Waals surface area contributed by atoms with Gasteiger partial charge in [-0.05, 0) is 54.0 Å². The van der Waals surface area contributed by atoms with Crippen molar-refractivity contribution in [2.45, 2.75) is 44.6 Å². The second-order valence-electron chi connectivity index (χ2n) is 8.55. The highest BCUT2D eigenvalue weighted by Crippen LogP contribution is 2.41. The number of thiophene rings is 1. The van der Waals surface area contributed by atoms with Gasteiger partial charge in [-0.1, -0.05) is 54.6 Å². The van der Waals surface area contributed by atoms with E-state index in [1.807, 2.05) is 17.0 Å². The minimum absolute atomic E-state index is 0.0165. The van der Waals surface area contributed by atoms with Crippen LogP contribution in [0.15, 0.2) is 42.3 Å². The number of carbonyl (C=O) groups excluding carboxylic acids is 2. The van der Waals surface area contributed by atoms with Crippen molar-refractivity contribution in [3.8, 4) is 0 Å². The first-order valence-corrected chi connectivity index (χ1v) is 12.8. The lowest BCUT2D eigenvalue weighted by Gasteiger charge is -2.38. The van der Waals surface area contributed by atoms with Gasteiger partial charge in [0.15, 0.2) is 0 Å². The van der Waals surface area contributed by atoms with Crippen molar-refractivity contribution in [1.82, 2.24) is 9.80 Å². The van der Waals surface area contributed by atoms with E-state index >= 15 is 0 Å². The molecule has 4 rings (SSSR count). The Morgan fingerprint density at radius 3 is 2.66 bits per heavy atom. The summed E-state index contributed by atoms with van der Waals surface area (Å²) in [5.41, 5.74) is 1.96. The number of benzene rings is 1. The van der Waals surface area contributed by atoms with Crippen LogP contribution in [0.4, 0.5) is 0 Å². The molecule has 4 nitrogen and oxygen atoms in total. The molecule has 0 bridgehead atoms.